The van der Waals surface area contributed by atoms with Gasteiger partial charge in [0.15, 0.2) is 5.76 Å². The number of hydrogen-bond acceptors (Lipinski definition) is 5. The van der Waals surface area contributed by atoms with E-state index in [-0.39, 0.29) is 18.9 Å². The van der Waals surface area contributed by atoms with Gasteiger partial charge in [-0.05, 0) is 0 Å². The summed E-state index contributed by atoms with van der Waals surface area (Å²) in [6.45, 7) is 4.46. The molecule has 3 aromatic rings. The molecule has 1 N–H and O–H groups in total. The van der Waals surface area contributed by atoms with Crippen molar-refractivity contribution in [3.8, 4) is 11.3 Å². The van der Waals surface area contributed by atoms with Crippen LogP contribution in [0.25, 0.3) is 11.3 Å². The number of nitrogens with zero attached hydrogens (tertiary/aromatic N) is 2. The predicted octanol–water partition coefficient (Wildman–Crippen LogP) is 3.78. The number of benzene rings is 1. The highest BCUT2D eigenvalue weighted by Gasteiger charge is 2.11. The first-order valence-corrected chi connectivity index (χ1v) is 8.71. The number of rotatable bonds is 6. The Morgan fingerprint density at radius 3 is 2.79 bits per heavy atom. The van der Waals surface area contributed by atoms with Crippen LogP contribution in [-0.2, 0) is 17.8 Å². The lowest BCUT2D eigenvalue weighted by atomic mass is 10.2. The molecule has 0 aliphatic carbocycles. The molecule has 0 fully saturated rings. The zero-order valence-corrected chi connectivity index (χ0v) is 14.5. The fourth-order valence-electron chi connectivity index (χ4n) is 2.20. The van der Waals surface area contributed by atoms with Gasteiger partial charge in [0.1, 0.15) is 0 Å². The molecule has 0 aliphatic heterocycles. The summed E-state index contributed by atoms with van der Waals surface area (Å²) in [7, 11) is 0. The minimum absolute atomic E-state index is 0.0879. The number of hydrogen-bond donors (Lipinski definition) is 1. The molecule has 1 amide bonds. The van der Waals surface area contributed by atoms with E-state index in [1.54, 1.807) is 17.5 Å². The number of carbonyl (C=O) groups excluding carboxylic acids is 1. The van der Waals surface area contributed by atoms with Crippen molar-refractivity contribution in [3.05, 3.63) is 58.5 Å². The molecule has 1 aromatic carbocycles. The smallest absolute Gasteiger partial charge is 0.226 e. The van der Waals surface area contributed by atoms with Gasteiger partial charge in [-0.15, -0.1) is 11.3 Å². The molecule has 0 bridgehead atoms. The van der Waals surface area contributed by atoms with Crippen LogP contribution in [0.4, 0.5) is 0 Å². The number of aromatic nitrogens is 2. The first-order chi connectivity index (χ1) is 11.6. The highest BCUT2D eigenvalue weighted by molar-refractivity contribution is 7.09. The molecule has 6 heteroatoms. The van der Waals surface area contributed by atoms with Gasteiger partial charge >= 0.3 is 0 Å². The van der Waals surface area contributed by atoms with Gasteiger partial charge in [0.2, 0.25) is 11.8 Å². The Bertz CT molecular complexity index is 809. The van der Waals surface area contributed by atoms with Crippen molar-refractivity contribution >= 4 is 17.2 Å². The molecule has 0 spiro atoms. The largest absolute Gasteiger partial charge is 0.439 e. The third kappa shape index (κ3) is 4.08. The second kappa shape index (κ2) is 7.40. The molecule has 124 valence electrons. The van der Waals surface area contributed by atoms with E-state index in [2.05, 4.69) is 29.1 Å². The van der Waals surface area contributed by atoms with Crippen LogP contribution in [0, 0.1) is 0 Å². The molecule has 0 saturated carbocycles. The first kappa shape index (κ1) is 16.4. The van der Waals surface area contributed by atoms with Crippen molar-refractivity contribution in [2.24, 2.45) is 0 Å². The molecule has 0 saturated heterocycles. The average Bonchev–Trinajstić information content (AvgIpc) is 3.23. The first-order valence-electron chi connectivity index (χ1n) is 7.83. The van der Waals surface area contributed by atoms with E-state index >= 15 is 0 Å². The topological polar surface area (TPSA) is 68.0 Å². The molecule has 24 heavy (non-hydrogen) atoms. The van der Waals surface area contributed by atoms with Crippen molar-refractivity contribution < 1.29 is 9.21 Å². The van der Waals surface area contributed by atoms with Crippen molar-refractivity contribution in [2.45, 2.75) is 32.7 Å². The second-order valence-electron chi connectivity index (χ2n) is 5.77. The average molecular weight is 341 g/mol. The molecule has 0 atom stereocenters. The van der Waals surface area contributed by atoms with Crippen LogP contribution in [0.1, 0.15) is 36.4 Å². The highest BCUT2D eigenvalue weighted by Crippen LogP contribution is 2.20. The van der Waals surface area contributed by atoms with Gasteiger partial charge in [-0.2, -0.15) is 0 Å². The molecular weight excluding hydrogens is 322 g/mol. The van der Waals surface area contributed by atoms with Gasteiger partial charge in [-0.1, -0.05) is 44.2 Å². The summed E-state index contributed by atoms with van der Waals surface area (Å²) >= 11 is 1.59. The van der Waals surface area contributed by atoms with Crippen LogP contribution < -0.4 is 5.32 Å². The summed E-state index contributed by atoms with van der Waals surface area (Å²) in [5, 5.41) is 5.81. The van der Waals surface area contributed by atoms with Crippen LogP contribution in [0.15, 0.2) is 46.3 Å². The van der Waals surface area contributed by atoms with E-state index in [1.807, 2.05) is 35.7 Å². The molecule has 5 nitrogen and oxygen atoms in total. The molecule has 0 aliphatic rings. The molecule has 2 heterocycles. The minimum atomic E-state index is -0.0879. The summed E-state index contributed by atoms with van der Waals surface area (Å²) in [6, 6.07) is 9.75. The van der Waals surface area contributed by atoms with Gasteiger partial charge in [0, 0.05) is 16.9 Å². The highest BCUT2D eigenvalue weighted by atomic mass is 32.1. The minimum Gasteiger partial charge on any atom is -0.439 e. The van der Waals surface area contributed by atoms with E-state index in [0.29, 0.717) is 17.6 Å². The number of amides is 1. The Labute approximate surface area is 144 Å². The van der Waals surface area contributed by atoms with Gasteiger partial charge in [-0.25, -0.2) is 9.97 Å². The Morgan fingerprint density at radius 2 is 2.08 bits per heavy atom. The monoisotopic (exact) mass is 341 g/mol. The zero-order valence-electron chi connectivity index (χ0n) is 13.7. The molecule has 0 unspecified atom stereocenters. The van der Waals surface area contributed by atoms with Crippen molar-refractivity contribution in [1.82, 2.24) is 15.3 Å². The lowest BCUT2D eigenvalue weighted by molar-refractivity contribution is -0.120. The third-order valence-electron chi connectivity index (χ3n) is 3.45. The fourth-order valence-corrected chi connectivity index (χ4v) is 3.03. The zero-order chi connectivity index (χ0) is 16.9. The van der Waals surface area contributed by atoms with Crippen molar-refractivity contribution in [3.63, 3.8) is 0 Å². The SMILES string of the molecule is CC(C)c1nc(CC(=O)NCc2ncc(-c3ccccc3)o2)cs1. The third-order valence-corrected chi connectivity index (χ3v) is 4.65. The molecule has 3 rings (SSSR count). The van der Waals surface area contributed by atoms with E-state index in [0.717, 1.165) is 16.3 Å². The van der Waals surface area contributed by atoms with E-state index in [1.165, 1.54) is 0 Å². The molecule has 2 aromatic heterocycles. The van der Waals surface area contributed by atoms with Crippen LogP contribution >= 0.6 is 11.3 Å². The quantitative estimate of drug-likeness (QED) is 0.741. The van der Waals surface area contributed by atoms with Crippen molar-refractivity contribution in [1.29, 1.82) is 0 Å². The summed E-state index contributed by atoms with van der Waals surface area (Å²) in [4.78, 5) is 20.7. The Hall–Kier alpha value is -2.47. The summed E-state index contributed by atoms with van der Waals surface area (Å²) in [5.74, 6) is 1.48. The maximum Gasteiger partial charge on any atom is 0.226 e. The maximum atomic E-state index is 12.0. The number of oxazole rings is 1. The van der Waals surface area contributed by atoms with Gasteiger partial charge in [0.05, 0.1) is 29.9 Å². The summed E-state index contributed by atoms with van der Waals surface area (Å²) in [6.07, 6.45) is 1.95. The maximum absolute atomic E-state index is 12.0. The summed E-state index contributed by atoms with van der Waals surface area (Å²) in [5.41, 5.74) is 1.77. The Kier molecular flexibility index (Phi) is 5.05. The second-order valence-corrected chi connectivity index (χ2v) is 6.66. The standard InChI is InChI=1S/C18H19N3O2S/c1-12(2)18-21-14(11-24-18)8-16(22)19-10-17-20-9-15(23-17)13-6-4-3-5-7-13/h3-7,9,11-12H,8,10H2,1-2H3,(H,19,22). The summed E-state index contributed by atoms with van der Waals surface area (Å²) < 4.78 is 5.67. The number of thiazole rings is 1. The van der Waals surface area contributed by atoms with Gasteiger partial charge < -0.3 is 9.73 Å². The predicted molar refractivity (Wildman–Crippen MR) is 93.7 cm³/mol. The van der Waals surface area contributed by atoms with E-state index in [9.17, 15) is 4.79 Å². The van der Waals surface area contributed by atoms with Gasteiger partial charge in [-0.3, -0.25) is 4.79 Å². The lowest BCUT2D eigenvalue weighted by Crippen LogP contribution is -2.24. The van der Waals surface area contributed by atoms with Crippen LogP contribution in [0.2, 0.25) is 0 Å². The Morgan fingerprint density at radius 1 is 1.29 bits per heavy atom. The normalized spacial score (nSPS) is 11.0. The van der Waals surface area contributed by atoms with Gasteiger partial charge in [0.25, 0.3) is 0 Å². The van der Waals surface area contributed by atoms with Crippen LogP contribution in [-0.4, -0.2) is 15.9 Å². The van der Waals surface area contributed by atoms with Crippen LogP contribution in [0.3, 0.4) is 0 Å². The van der Waals surface area contributed by atoms with E-state index in [4.69, 9.17) is 4.42 Å². The van der Waals surface area contributed by atoms with Crippen LogP contribution in [0.5, 0.6) is 0 Å². The lowest BCUT2D eigenvalue weighted by Gasteiger charge is -2.01. The molecule has 0 radical (unpaired) electrons. The van der Waals surface area contributed by atoms with E-state index < -0.39 is 0 Å². The fraction of sp³-hybridized carbons (Fsp3) is 0.278. The molecular formula is C18H19N3O2S. The number of nitrogens with one attached hydrogen (secondary N) is 1. The van der Waals surface area contributed by atoms with Crippen molar-refractivity contribution in [2.75, 3.05) is 0 Å². The Balaban J connectivity index is 1.54. The number of carbonyl (C=O) groups is 1.